The number of fused-ring (bicyclic) bond motifs is 1. The van der Waals surface area contributed by atoms with Gasteiger partial charge in [-0.3, -0.25) is 0 Å². The standard InChI is InChI=1S/C24H32N2O/c1-17(2)15-24-25-21-9-6-7-10-22(21)26(24)13-8-14-27-23-16-19(5)11-12-20(23)18(3)4/h6-7,9-12,16-18H,8,13-15H2,1-5H3. The predicted molar refractivity (Wildman–Crippen MR) is 114 cm³/mol. The molecule has 3 aromatic rings. The van der Waals surface area contributed by atoms with E-state index in [0.29, 0.717) is 11.8 Å². The van der Waals surface area contributed by atoms with Gasteiger partial charge in [0.15, 0.2) is 0 Å². The molecule has 0 amide bonds. The second-order valence-electron chi connectivity index (χ2n) is 8.16. The van der Waals surface area contributed by atoms with Crippen LogP contribution in [-0.2, 0) is 13.0 Å². The van der Waals surface area contributed by atoms with Gasteiger partial charge in [0.1, 0.15) is 11.6 Å². The van der Waals surface area contributed by atoms with E-state index in [1.54, 1.807) is 0 Å². The third-order valence-corrected chi connectivity index (χ3v) is 4.90. The second kappa shape index (κ2) is 8.60. The van der Waals surface area contributed by atoms with Gasteiger partial charge in [0.25, 0.3) is 0 Å². The third kappa shape index (κ3) is 4.71. The van der Waals surface area contributed by atoms with E-state index in [9.17, 15) is 0 Å². The van der Waals surface area contributed by atoms with E-state index in [1.165, 1.54) is 22.5 Å². The molecule has 0 bridgehead atoms. The Bertz CT molecular complexity index is 893. The first-order valence-corrected chi connectivity index (χ1v) is 10.1. The van der Waals surface area contributed by atoms with E-state index in [1.807, 2.05) is 0 Å². The Morgan fingerprint density at radius 2 is 1.81 bits per heavy atom. The molecular weight excluding hydrogens is 332 g/mol. The van der Waals surface area contributed by atoms with Crippen LogP contribution < -0.4 is 4.74 Å². The van der Waals surface area contributed by atoms with Gasteiger partial charge in [-0.1, -0.05) is 52.0 Å². The molecule has 0 saturated carbocycles. The molecule has 0 aliphatic carbocycles. The summed E-state index contributed by atoms with van der Waals surface area (Å²) in [5, 5.41) is 0. The Morgan fingerprint density at radius 1 is 1.04 bits per heavy atom. The highest BCUT2D eigenvalue weighted by atomic mass is 16.5. The van der Waals surface area contributed by atoms with Crippen LogP contribution in [-0.4, -0.2) is 16.2 Å². The number of aryl methyl sites for hydroxylation is 2. The lowest BCUT2D eigenvalue weighted by Crippen LogP contribution is -2.10. The van der Waals surface area contributed by atoms with Gasteiger partial charge in [0, 0.05) is 13.0 Å². The molecule has 3 rings (SSSR count). The van der Waals surface area contributed by atoms with Gasteiger partial charge >= 0.3 is 0 Å². The van der Waals surface area contributed by atoms with Crippen LogP contribution in [0.4, 0.5) is 0 Å². The number of rotatable bonds is 8. The predicted octanol–water partition coefficient (Wildman–Crippen LogP) is 6.14. The number of benzene rings is 2. The van der Waals surface area contributed by atoms with E-state index < -0.39 is 0 Å². The zero-order chi connectivity index (χ0) is 19.4. The zero-order valence-electron chi connectivity index (χ0n) is 17.3. The molecule has 0 atom stereocenters. The molecule has 3 heteroatoms. The normalized spacial score (nSPS) is 11.7. The molecule has 0 radical (unpaired) electrons. The lowest BCUT2D eigenvalue weighted by Gasteiger charge is -2.16. The summed E-state index contributed by atoms with van der Waals surface area (Å²) in [5.74, 6) is 3.28. The minimum absolute atomic E-state index is 0.468. The maximum absolute atomic E-state index is 6.18. The highest BCUT2D eigenvalue weighted by Crippen LogP contribution is 2.27. The highest BCUT2D eigenvalue weighted by molar-refractivity contribution is 5.75. The van der Waals surface area contributed by atoms with Crippen molar-refractivity contribution < 1.29 is 4.74 Å². The molecule has 0 saturated heterocycles. The maximum atomic E-state index is 6.18. The van der Waals surface area contributed by atoms with Crippen molar-refractivity contribution in [2.24, 2.45) is 5.92 Å². The number of ether oxygens (including phenoxy) is 1. The van der Waals surface area contributed by atoms with Crippen LogP contribution in [0.1, 0.15) is 57.0 Å². The molecule has 0 spiro atoms. The van der Waals surface area contributed by atoms with E-state index in [2.05, 4.69) is 81.7 Å². The Kier molecular flexibility index (Phi) is 6.20. The van der Waals surface area contributed by atoms with E-state index in [4.69, 9.17) is 9.72 Å². The Balaban J connectivity index is 1.70. The number of hydrogen-bond acceptors (Lipinski definition) is 2. The van der Waals surface area contributed by atoms with Gasteiger partial charge in [-0.05, 0) is 54.5 Å². The van der Waals surface area contributed by atoms with Crippen molar-refractivity contribution in [1.82, 2.24) is 9.55 Å². The van der Waals surface area contributed by atoms with E-state index in [-0.39, 0.29) is 0 Å². The smallest absolute Gasteiger partial charge is 0.123 e. The summed E-state index contributed by atoms with van der Waals surface area (Å²) in [5.41, 5.74) is 4.85. The SMILES string of the molecule is Cc1ccc(C(C)C)c(OCCCn2c(CC(C)C)nc3ccccc32)c1. The number of aromatic nitrogens is 2. The molecule has 27 heavy (non-hydrogen) atoms. The molecule has 0 aliphatic heterocycles. The average Bonchev–Trinajstić information content (AvgIpc) is 2.95. The third-order valence-electron chi connectivity index (χ3n) is 4.90. The largest absolute Gasteiger partial charge is 0.493 e. The lowest BCUT2D eigenvalue weighted by molar-refractivity contribution is 0.297. The molecule has 0 aliphatic rings. The van der Waals surface area contributed by atoms with Crippen molar-refractivity contribution in [3.05, 3.63) is 59.4 Å². The molecule has 3 nitrogen and oxygen atoms in total. The van der Waals surface area contributed by atoms with E-state index >= 15 is 0 Å². The first-order valence-electron chi connectivity index (χ1n) is 10.1. The van der Waals surface area contributed by atoms with Crippen LogP contribution in [0.2, 0.25) is 0 Å². The topological polar surface area (TPSA) is 27.1 Å². The summed E-state index contributed by atoms with van der Waals surface area (Å²) in [6, 6.07) is 15.0. The lowest BCUT2D eigenvalue weighted by atomic mass is 10.0. The Labute approximate surface area is 163 Å². The minimum atomic E-state index is 0.468. The van der Waals surface area contributed by atoms with Gasteiger partial charge in [-0.2, -0.15) is 0 Å². The van der Waals surface area contributed by atoms with Crippen molar-refractivity contribution in [2.75, 3.05) is 6.61 Å². The quantitative estimate of drug-likeness (QED) is 0.449. The molecule has 144 valence electrons. The summed E-state index contributed by atoms with van der Waals surface area (Å²) in [6.45, 7) is 12.7. The van der Waals surface area contributed by atoms with Crippen LogP contribution in [0, 0.1) is 12.8 Å². The van der Waals surface area contributed by atoms with Crippen LogP contribution in [0.5, 0.6) is 5.75 Å². The Morgan fingerprint density at radius 3 is 2.56 bits per heavy atom. The Hall–Kier alpha value is -2.29. The summed E-state index contributed by atoms with van der Waals surface area (Å²) >= 11 is 0. The molecule has 1 aromatic heterocycles. The van der Waals surface area contributed by atoms with Crippen molar-refractivity contribution in [3.8, 4) is 5.75 Å². The van der Waals surface area contributed by atoms with Gasteiger partial charge in [0.05, 0.1) is 17.6 Å². The first kappa shape index (κ1) is 19.5. The fraction of sp³-hybridized carbons (Fsp3) is 0.458. The van der Waals surface area contributed by atoms with Gasteiger partial charge in [0.2, 0.25) is 0 Å². The minimum Gasteiger partial charge on any atom is -0.493 e. The van der Waals surface area contributed by atoms with Crippen LogP contribution in [0.15, 0.2) is 42.5 Å². The van der Waals surface area contributed by atoms with Gasteiger partial charge in [-0.15, -0.1) is 0 Å². The summed E-state index contributed by atoms with van der Waals surface area (Å²) in [6.07, 6.45) is 1.97. The highest BCUT2D eigenvalue weighted by Gasteiger charge is 2.12. The van der Waals surface area contributed by atoms with Gasteiger partial charge < -0.3 is 9.30 Å². The molecule has 0 N–H and O–H groups in total. The van der Waals surface area contributed by atoms with Crippen molar-refractivity contribution in [2.45, 2.75) is 59.9 Å². The summed E-state index contributed by atoms with van der Waals surface area (Å²) in [4.78, 5) is 4.86. The van der Waals surface area contributed by atoms with Gasteiger partial charge in [-0.25, -0.2) is 4.98 Å². The monoisotopic (exact) mass is 364 g/mol. The zero-order valence-corrected chi connectivity index (χ0v) is 17.3. The average molecular weight is 365 g/mol. The van der Waals surface area contributed by atoms with Crippen LogP contribution >= 0.6 is 0 Å². The van der Waals surface area contributed by atoms with Crippen molar-refractivity contribution in [1.29, 1.82) is 0 Å². The fourth-order valence-electron chi connectivity index (χ4n) is 3.54. The molecule has 2 aromatic carbocycles. The van der Waals surface area contributed by atoms with Crippen molar-refractivity contribution in [3.63, 3.8) is 0 Å². The molecule has 0 fully saturated rings. The van der Waals surface area contributed by atoms with Crippen LogP contribution in [0.3, 0.4) is 0 Å². The molecule has 0 unspecified atom stereocenters. The fourth-order valence-corrected chi connectivity index (χ4v) is 3.54. The first-order chi connectivity index (χ1) is 13.0. The molecule has 1 heterocycles. The van der Waals surface area contributed by atoms with E-state index in [0.717, 1.165) is 37.3 Å². The summed E-state index contributed by atoms with van der Waals surface area (Å²) < 4.78 is 8.55. The van der Waals surface area contributed by atoms with Crippen molar-refractivity contribution >= 4 is 11.0 Å². The number of hydrogen-bond donors (Lipinski definition) is 0. The molecular formula is C24H32N2O. The van der Waals surface area contributed by atoms with Crippen LogP contribution in [0.25, 0.3) is 11.0 Å². The number of para-hydroxylation sites is 2. The second-order valence-corrected chi connectivity index (χ2v) is 8.16. The maximum Gasteiger partial charge on any atom is 0.123 e. The summed E-state index contributed by atoms with van der Waals surface area (Å²) in [7, 11) is 0. The number of nitrogens with zero attached hydrogens (tertiary/aromatic N) is 2. The number of imidazole rings is 1.